The minimum Gasteiger partial charge on any atom is -0.493 e. The Morgan fingerprint density at radius 3 is 2.31 bits per heavy atom. The number of benzene rings is 1. The van der Waals surface area contributed by atoms with Crippen molar-refractivity contribution in [2.24, 2.45) is 0 Å². The molecule has 4 rings (SSSR count). The SMILES string of the molecule is COc1cc(-c2nnc3sc(-c4cc(C)on4)nn23)cc(OC)c1OC. The molecule has 0 saturated heterocycles. The molecule has 0 unspecified atom stereocenters. The number of rotatable bonds is 5. The number of hydrogen-bond acceptors (Lipinski definition) is 9. The third-order valence-electron chi connectivity index (χ3n) is 3.76. The first kappa shape index (κ1) is 16.3. The van der Waals surface area contributed by atoms with Crippen LogP contribution in [-0.2, 0) is 0 Å². The molecule has 0 saturated carbocycles. The first-order valence-corrected chi connectivity index (χ1v) is 8.42. The molecule has 0 N–H and O–H groups in total. The number of aryl methyl sites for hydroxylation is 1. The van der Waals surface area contributed by atoms with Crippen molar-refractivity contribution in [2.75, 3.05) is 21.3 Å². The summed E-state index contributed by atoms with van der Waals surface area (Å²) in [6.45, 7) is 1.83. The second-order valence-electron chi connectivity index (χ2n) is 5.36. The van der Waals surface area contributed by atoms with E-state index in [0.29, 0.717) is 38.7 Å². The van der Waals surface area contributed by atoms with E-state index in [1.165, 1.54) is 11.3 Å². The predicted octanol–water partition coefficient (Wildman–Crippen LogP) is 2.84. The lowest BCUT2D eigenvalue weighted by atomic mass is 10.1. The highest BCUT2D eigenvalue weighted by Gasteiger charge is 2.20. The second-order valence-corrected chi connectivity index (χ2v) is 6.32. The summed E-state index contributed by atoms with van der Waals surface area (Å²) < 4.78 is 22.9. The average molecular weight is 373 g/mol. The monoisotopic (exact) mass is 373 g/mol. The zero-order valence-corrected chi connectivity index (χ0v) is 15.3. The van der Waals surface area contributed by atoms with E-state index in [9.17, 15) is 0 Å². The Morgan fingerprint density at radius 1 is 1.00 bits per heavy atom. The maximum Gasteiger partial charge on any atom is 0.235 e. The molecule has 0 radical (unpaired) electrons. The van der Waals surface area contributed by atoms with Gasteiger partial charge in [-0.05, 0) is 19.1 Å². The second kappa shape index (κ2) is 6.30. The van der Waals surface area contributed by atoms with E-state index in [4.69, 9.17) is 18.7 Å². The molecule has 26 heavy (non-hydrogen) atoms. The highest BCUT2D eigenvalue weighted by atomic mass is 32.1. The molecule has 3 aromatic heterocycles. The van der Waals surface area contributed by atoms with Crippen molar-refractivity contribution in [3.05, 3.63) is 24.0 Å². The van der Waals surface area contributed by atoms with Gasteiger partial charge < -0.3 is 18.7 Å². The van der Waals surface area contributed by atoms with Crippen LogP contribution in [0.25, 0.3) is 27.1 Å². The first-order chi connectivity index (χ1) is 12.6. The van der Waals surface area contributed by atoms with Gasteiger partial charge in [-0.1, -0.05) is 16.5 Å². The van der Waals surface area contributed by atoms with E-state index < -0.39 is 0 Å². The summed E-state index contributed by atoms with van der Waals surface area (Å²) in [4.78, 5) is 0.643. The molecule has 0 aliphatic heterocycles. The predicted molar refractivity (Wildman–Crippen MR) is 94.0 cm³/mol. The normalized spacial score (nSPS) is 11.1. The summed E-state index contributed by atoms with van der Waals surface area (Å²) in [5.41, 5.74) is 1.40. The van der Waals surface area contributed by atoms with Gasteiger partial charge in [0.25, 0.3) is 0 Å². The standard InChI is InChI=1S/C16H15N5O4S/c1-8-5-10(20-25-8)15-19-21-14(17-18-16(21)26-15)9-6-11(22-2)13(24-4)12(7-9)23-3/h5-7H,1-4H3. The van der Waals surface area contributed by atoms with Crippen molar-refractivity contribution in [3.63, 3.8) is 0 Å². The molecule has 0 bridgehead atoms. The van der Waals surface area contributed by atoms with Crippen LogP contribution in [0.5, 0.6) is 17.2 Å². The molecule has 4 aromatic rings. The highest BCUT2D eigenvalue weighted by molar-refractivity contribution is 7.19. The number of nitrogens with zero attached hydrogens (tertiary/aromatic N) is 5. The first-order valence-electron chi connectivity index (χ1n) is 7.61. The molecule has 0 spiro atoms. The summed E-state index contributed by atoms with van der Waals surface area (Å²) in [7, 11) is 4.69. The molecule has 9 nitrogen and oxygen atoms in total. The zero-order valence-electron chi connectivity index (χ0n) is 14.5. The maximum atomic E-state index is 5.40. The van der Waals surface area contributed by atoms with E-state index in [0.717, 1.165) is 11.3 Å². The number of hydrogen-bond donors (Lipinski definition) is 0. The Balaban J connectivity index is 1.85. The molecule has 10 heteroatoms. The Labute approximate surface area is 152 Å². The molecule has 134 valence electrons. The van der Waals surface area contributed by atoms with Gasteiger partial charge in [0, 0.05) is 11.6 Å². The summed E-state index contributed by atoms with van der Waals surface area (Å²) in [6, 6.07) is 5.43. The molecular weight excluding hydrogens is 358 g/mol. The largest absolute Gasteiger partial charge is 0.493 e. The van der Waals surface area contributed by atoms with E-state index >= 15 is 0 Å². The number of fused-ring (bicyclic) bond motifs is 1. The van der Waals surface area contributed by atoms with Crippen LogP contribution in [0.2, 0.25) is 0 Å². The highest BCUT2D eigenvalue weighted by Crippen LogP contribution is 2.41. The van der Waals surface area contributed by atoms with Gasteiger partial charge in [-0.25, -0.2) is 0 Å². The van der Waals surface area contributed by atoms with Crippen molar-refractivity contribution in [1.29, 1.82) is 0 Å². The van der Waals surface area contributed by atoms with Crippen LogP contribution in [0.4, 0.5) is 0 Å². The molecule has 0 amide bonds. The van der Waals surface area contributed by atoms with Crippen molar-refractivity contribution in [2.45, 2.75) is 6.92 Å². The fourth-order valence-electron chi connectivity index (χ4n) is 2.58. The average Bonchev–Trinajstić information content (AvgIpc) is 3.35. The van der Waals surface area contributed by atoms with Gasteiger partial charge in [-0.15, -0.1) is 10.2 Å². The summed E-state index contributed by atoms with van der Waals surface area (Å²) in [5.74, 6) is 2.84. The number of aromatic nitrogens is 5. The van der Waals surface area contributed by atoms with Gasteiger partial charge in [0.2, 0.25) is 10.7 Å². The molecule has 0 aliphatic carbocycles. The van der Waals surface area contributed by atoms with Crippen molar-refractivity contribution in [1.82, 2.24) is 25.0 Å². The lowest BCUT2D eigenvalue weighted by molar-refractivity contribution is 0.324. The lowest BCUT2D eigenvalue weighted by Gasteiger charge is -2.13. The van der Waals surface area contributed by atoms with E-state index in [1.54, 1.807) is 38.0 Å². The minimum absolute atomic E-state index is 0.511. The van der Waals surface area contributed by atoms with Crippen LogP contribution in [0, 0.1) is 6.92 Å². The van der Waals surface area contributed by atoms with Crippen LogP contribution in [0.3, 0.4) is 0 Å². The molecule has 3 heterocycles. The number of ether oxygens (including phenoxy) is 3. The smallest absolute Gasteiger partial charge is 0.235 e. The fraction of sp³-hybridized carbons (Fsp3) is 0.250. The molecular formula is C16H15N5O4S. The van der Waals surface area contributed by atoms with E-state index in [2.05, 4.69) is 20.5 Å². The van der Waals surface area contributed by atoms with Crippen LogP contribution >= 0.6 is 11.3 Å². The van der Waals surface area contributed by atoms with Gasteiger partial charge in [0.05, 0.1) is 21.3 Å². The Kier molecular flexibility index (Phi) is 3.96. The van der Waals surface area contributed by atoms with Gasteiger partial charge >= 0.3 is 0 Å². The third kappa shape index (κ3) is 2.54. The third-order valence-corrected chi connectivity index (χ3v) is 4.68. The topological polar surface area (TPSA) is 96.8 Å². The maximum absolute atomic E-state index is 5.40. The van der Waals surface area contributed by atoms with Gasteiger partial charge in [0.15, 0.2) is 22.3 Å². The summed E-state index contributed by atoms with van der Waals surface area (Å²) >= 11 is 1.38. The minimum atomic E-state index is 0.511. The van der Waals surface area contributed by atoms with Crippen molar-refractivity contribution in [3.8, 4) is 39.3 Å². The van der Waals surface area contributed by atoms with Gasteiger partial charge in [0.1, 0.15) is 11.5 Å². The molecule has 1 aromatic carbocycles. The van der Waals surface area contributed by atoms with E-state index in [-0.39, 0.29) is 0 Å². The van der Waals surface area contributed by atoms with Crippen LogP contribution in [-0.4, -0.2) is 46.3 Å². The van der Waals surface area contributed by atoms with Crippen molar-refractivity contribution < 1.29 is 18.7 Å². The Hall–Kier alpha value is -3.14. The van der Waals surface area contributed by atoms with E-state index in [1.807, 2.05) is 13.0 Å². The number of methoxy groups -OCH3 is 3. The quantitative estimate of drug-likeness (QED) is 0.527. The summed E-state index contributed by atoms with van der Waals surface area (Å²) in [5, 5.41) is 17.7. The van der Waals surface area contributed by atoms with Gasteiger partial charge in [-0.2, -0.15) is 9.61 Å². The van der Waals surface area contributed by atoms with Crippen molar-refractivity contribution >= 4 is 16.3 Å². The van der Waals surface area contributed by atoms with Crippen LogP contribution in [0.1, 0.15) is 5.76 Å². The molecule has 0 aliphatic rings. The Morgan fingerprint density at radius 2 is 1.73 bits per heavy atom. The zero-order chi connectivity index (χ0) is 18.3. The fourth-order valence-corrected chi connectivity index (χ4v) is 3.37. The summed E-state index contributed by atoms with van der Waals surface area (Å²) in [6.07, 6.45) is 0. The van der Waals surface area contributed by atoms with Gasteiger partial charge in [-0.3, -0.25) is 0 Å². The molecule has 0 fully saturated rings. The van der Waals surface area contributed by atoms with Crippen LogP contribution in [0.15, 0.2) is 22.7 Å². The van der Waals surface area contributed by atoms with Crippen LogP contribution < -0.4 is 14.2 Å². The molecule has 0 atom stereocenters. The Bertz CT molecular complexity index is 1060. The lowest BCUT2D eigenvalue weighted by Crippen LogP contribution is -1.97.